The van der Waals surface area contributed by atoms with Crippen molar-refractivity contribution in [2.45, 2.75) is 51.6 Å². The molecule has 1 amide bonds. The molecular formula is C29H40FN5O4S. The zero-order chi connectivity index (χ0) is 29.4. The van der Waals surface area contributed by atoms with E-state index in [1.165, 1.54) is 43.4 Å². The van der Waals surface area contributed by atoms with Crippen LogP contribution in [-0.2, 0) is 10.0 Å². The summed E-state index contributed by atoms with van der Waals surface area (Å²) in [6.07, 6.45) is 0.848. The zero-order valence-electron chi connectivity index (χ0n) is 23.7. The third kappa shape index (κ3) is 6.04. The molecule has 1 saturated heterocycles. The number of pyridine rings is 2. The summed E-state index contributed by atoms with van der Waals surface area (Å²) in [5.41, 5.74) is 6.34. The lowest BCUT2D eigenvalue weighted by Crippen LogP contribution is -2.41. The number of benzene rings is 1. The quantitative estimate of drug-likeness (QED) is 0.376. The van der Waals surface area contributed by atoms with Crippen LogP contribution < -0.4 is 15.4 Å². The van der Waals surface area contributed by atoms with Gasteiger partial charge in [-0.05, 0) is 68.5 Å². The normalized spacial score (nSPS) is 16.8. The van der Waals surface area contributed by atoms with E-state index < -0.39 is 21.7 Å². The maximum absolute atomic E-state index is 14.6. The smallest absolute Gasteiger partial charge is 0.284 e. The summed E-state index contributed by atoms with van der Waals surface area (Å²) in [6.45, 7) is 11.3. The van der Waals surface area contributed by atoms with Crippen molar-refractivity contribution in [2.75, 3.05) is 30.8 Å². The van der Waals surface area contributed by atoms with Crippen LogP contribution in [0.1, 0.15) is 54.3 Å². The molecule has 2 N–H and O–H groups in total. The first kappa shape index (κ1) is 29.3. The second-order valence-electron chi connectivity index (χ2n) is 11.4. The second kappa shape index (κ2) is 11.0. The lowest BCUT2D eigenvalue weighted by atomic mass is 9.97. The molecule has 0 spiro atoms. The van der Waals surface area contributed by atoms with Gasteiger partial charge in [0.2, 0.25) is 0 Å². The third-order valence-corrected chi connectivity index (χ3v) is 8.48. The molecule has 9 nitrogen and oxygen atoms in total. The fourth-order valence-corrected chi connectivity index (χ4v) is 6.06. The van der Waals surface area contributed by atoms with Crippen molar-refractivity contribution in [1.82, 2.24) is 14.3 Å². The van der Waals surface area contributed by atoms with Gasteiger partial charge in [-0.2, -0.15) is 8.42 Å². The lowest BCUT2D eigenvalue weighted by Gasteiger charge is -2.34. The minimum absolute atomic E-state index is 0. The van der Waals surface area contributed by atoms with E-state index in [2.05, 4.69) is 25.8 Å². The Bertz CT molecular complexity index is 1540. The van der Waals surface area contributed by atoms with Crippen LogP contribution in [0.15, 0.2) is 53.6 Å². The Balaban J connectivity index is 0.00000308. The Labute approximate surface area is 238 Å². The summed E-state index contributed by atoms with van der Waals surface area (Å²) in [5.74, 6) is 0.0528. The van der Waals surface area contributed by atoms with Gasteiger partial charge >= 0.3 is 0 Å². The molecule has 0 unspecified atom stereocenters. The minimum Gasteiger partial charge on any atom is -0.493 e. The first-order valence-electron chi connectivity index (χ1n) is 13.2. The number of amides is 1. The van der Waals surface area contributed by atoms with Crippen LogP contribution in [0.25, 0.3) is 11.3 Å². The molecule has 3 aromatic rings. The van der Waals surface area contributed by atoms with Crippen molar-refractivity contribution >= 4 is 27.6 Å². The highest BCUT2D eigenvalue weighted by Gasteiger charge is 2.40. The highest BCUT2D eigenvalue weighted by molar-refractivity contribution is 7.89. The molecule has 0 bridgehead atoms. The van der Waals surface area contributed by atoms with E-state index in [1.54, 1.807) is 12.1 Å². The molecule has 0 saturated carbocycles. The molecule has 0 aliphatic carbocycles. The standard InChI is InChI=1S/C29H36FN5O4S.2H2/c1-18(2)17-39-22-13-20(12-21(30)14-22)24-11-10-23(27(32-24)35-16-19(3)15-29(35,4)5)28(36)34(6)40(37,38)26-9-7-8-25(31)33-26;;/h7-14,18-19H,15-17H2,1-6H3,(H2,31,33);2*1H/t19-;;/m0../s1. The van der Waals surface area contributed by atoms with Crippen LogP contribution in [0, 0.1) is 17.7 Å². The topological polar surface area (TPSA) is 119 Å². The number of nitrogen functional groups attached to an aromatic ring is 1. The van der Waals surface area contributed by atoms with Gasteiger partial charge in [0, 0.05) is 33.6 Å². The summed E-state index contributed by atoms with van der Waals surface area (Å²) in [5, 5.41) is -0.335. The van der Waals surface area contributed by atoms with Crippen molar-refractivity contribution in [1.29, 1.82) is 0 Å². The van der Waals surface area contributed by atoms with E-state index >= 15 is 0 Å². The highest BCUT2D eigenvalue weighted by atomic mass is 32.2. The van der Waals surface area contributed by atoms with Gasteiger partial charge < -0.3 is 15.4 Å². The third-order valence-electron chi connectivity index (χ3n) is 6.84. The van der Waals surface area contributed by atoms with Crippen molar-refractivity contribution in [3.05, 3.63) is 59.9 Å². The van der Waals surface area contributed by atoms with Crippen molar-refractivity contribution in [2.24, 2.45) is 11.8 Å². The summed E-state index contributed by atoms with van der Waals surface area (Å²) in [6, 6.07) is 11.7. The van der Waals surface area contributed by atoms with Gasteiger partial charge in [-0.3, -0.25) is 4.79 Å². The van der Waals surface area contributed by atoms with E-state index in [9.17, 15) is 17.6 Å². The largest absolute Gasteiger partial charge is 0.493 e. The maximum Gasteiger partial charge on any atom is 0.284 e. The number of nitrogens with zero attached hydrogens (tertiary/aromatic N) is 4. The van der Waals surface area contributed by atoms with Crippen LogP contribution in [0.3, 0.4) is 0 Å². The van der Waals surface area contributed by atoms with Crippen LogP contribution >= 0.6 is 0 Å². The number of rotatable bonds is 8. The number of carbonyl (C=O) groups excluding carboxylic acids is 1. The minimum atomic E-state index is -4.30. The molecule has 1 aromatic carbocycles. The van der Waals surface area contributed by atoms with Gasteiger partial charge in [0.15, 0.2) is 5.03 Å². The predicted octanol–water partition coefficient (Wildman–Crippen LogP) is 5.48. The van der Waals surface area contributed by atoms with E-state index in [-0.39, 0.29) is 30.7 Å². The second-order valence-corrected chi connectivity index (χ2v) is 13.3. The Morgan fingerprint density at radius 3 is 2.58 bits per heavy atom. The average molecular weight is 574 g/mol. The molecule has 40 heavy (non-hydrogen) atoms. The van der Waals surface area contributed by atoms with E-state index in [4.69, 9.17) is 15.5 Å². The Morgan fingerprint density at radius 1 is 1.23 bits per heavy atom. The highest BCUT2D eigenvalue weighted by Crippen LogP contribution is 2.39. The van der Waals surface area contributed by atoms with Crippen LogP contribution in [0.2, 0.25) is 0 Å². The number of anilines is 2. The Morgan fingerprint density at radius 2 is 1.95 bits per heavy atom. The van der Waals surface area contributed by atoms with Crippen LogP contribution in [0.4, 0.5) is 16.0 Å². The van der Waals surface area contributed by atoms with Crippen LogP contribution in [-0.4, -0.2) is 54.3 Å². The molecular weight excluding hydrogens is 533 g/mol. The molecule has 1 aliphatic heterocycles. The van der Waals surface area contributed by atoms with E-state index in [0.29, 0.717) is 46.2 Å². The van der Waals surface area contributed by atoms with Gasteiger partial charge in [-0.25, -0.2) is 18.7 Å². The fourth-order valence-electron chi connectivity index (χ4n) is 4.99. The number of ether oxygens (including phenoxy) is 1. The molecule has 4 rings (SSSR count). The van der Waals surface area contributed by atoms with Crippen molar-refractivity contribution in [3.63, 3.8) is 0 Å². The predicted molar refractivity (Wildman–Crippen MR) is 157 cm³/mol. The maximum atomic E-state index is 14.6. The monoisotopic (exact) mass is 573 g/mol. The number of hydrogen-bond acceptors (Lipinski definition) is 8. The molecule has 1 aliphatic rings. The van der Waals surface area contributed by atoms with Crippen molar-refractivity contribution < 1.29 is 25.2 Å². The van der Waals surface area contributed by atoms with Crippen LogP contribution in [0.5, 0.6) is 5.75 Å². The first-order valence-corrected chi connectivity index (χ1v) is 14.6. The number of halogens is 1. The number of carbonyl (C=O) groups is 1. The number of aromatic nitrogens is 2. The number of hydrogen-bond donors (Lipinski definition) is 1. The molecule has 1 atom stereocenters. The van der Waals surface area contributed by atoms with Gasteiger partial charge in [0.1, 0.15) is 23.2 Å². The molecule has 2 aromatic heterocycles. The SMILES string of the molecule is CC(C)COc1cc(F)cc(-c2ccc(C(=O)N(C)S(=O)(=O)c3cccc(N)n3)c(N3C[C@@H](C)CC3(C)C)n2)c1.[HH].[HH]. The summed E-state index contributed by atoms with van der Waals surface area (Å²) in [4.78, 5) is 24.5. The Hall–Kier alpha value is -3.73. The fraction of sp³-hybridized carbons (Fsp3) is 0.414. The summed E-state index contributed by atoms with van der Waals surface area (Å²) in [7, 11) is -3.11. The van der Waals surface area contributed by atoms with Gasteiger partial charge in [-0.1, -0.05) is 26.8 Å². The molecule has 1 fully saturated rings. The van der Waals surface area contributed by atoms with Crippen molar-refractivity contribution in [3.8, 4) is 17.0 Å². The average Bonchev–Trinajstić information content (AvgIpc) is 3.17. The molecule has 3 heterocycles. The number of sulfonamides is 1. The first-order chi connectivity index (χ1) is 18.7. The Kier molecular flexibility index (Phi) is 8.07. The van der Waals surface area contributed by atoms with Gasteiger partial charge in [0.05, 0.1) is 17.9 Å². The van der Waals surface area contributed by atoms with Gasteiger partial charge in [0.25, 0.3) is 15.9 Å². The zero-order valence-corrected chi connectivity index (χ0v) is 24.5. The van der Waals surface area contributed by atoms with E-state index in [1.807, 2.05) is 18.7 Å². The summed E-state index contributed by atoms with van der Waals surface area (Å²) >= 11 is 0. The molecule has 0 radical (unpaired) electrons. The summed E-state index contributed by atoms with van der Waals surface area (Å²) < 4.78 is 47.6. The van der Waals surface area contributed by atoms with Gasteiger partial charge in [-0.15, -0.1) is 0 Å². The molecule has 218 valence electrons. The molecule has 11 heteroatoms. The van der Waals surface area contributed by atoms with E-state index in [0.717, 1.165) is 6.42 Å². The number of nitrogens with two attached hydrogens (primary N) is 1. The lowest BCUT2D eigenvalue weighted by molar-refractivity contribution is 0.0883.